The Morgan fingerprint density at radius 3 is 2.56 bits per heavy atom. The van der Waals surface area contributed by atoms with E-state index in [1.54, 1.807) is 12.1 Å². The summed E-state index contributed by atoms with van der Waals surface area (Å²) in [6.45, 7) is 4.52. The third-order valence-electron chi connectivity index (χ3n) is 2.90. The van der Waals surface area contributed by atoms with E-state index in [1.807, 2.05) is 19.9 Å². The van der Waals surface area contributed by atoms with Gasteiger partial charge in [-0.25, -0.2) is 8.42 Å². The Hall–Kier alpha value is -0.740. The molecule has 0 N–H and O–H groups in total. The molecule has 0 fully saturated rings. The number of rotatable bonds is 1. The van der Waals surface area contributed by atoms with Crippen molar-refractivity contribution in [2.75, 3.05) is 17.1 Å². The molecule has 2 rings (SSSR count). The molecule has 5 heteroatoms. The summed E-state index contributed by atoms with van der Waals surface area (Å²) in [5, 5.41) is 0.641. The average molecular weight is 260 g/mol. The number of halogens is 1. The first-order valence-electron chi connectivity index (χ1n) is 4.99. The molecule has 16 heavy (non-hydrogen) atoms. The van der Waals surface area contributed by atoms with Crippen molar-refractivity contribution in [3.63, 3.8) is 0 Å². The van der Waals surface area contributed by atoms with Crippen LogP contribution < -0.4 is 4.31 Å². The molecule has 0 radical (unpaired) electrons. The van der Waals surface area contributed by atoms with Crippen LogP contribution >= 0.6 is 11.6 Å². The highest BCUT2D eigenvalue weighted by Crippen LogP contribution is 2.42. The summed E-state index contributed by atoms with van der Waals surface area (Å²) in [5.41, 5.74) is 1.55. The summed E-state index contributed by atoms with van der Waals surface area (Å²) in [4.78, 5) is 0. The molecule has 3 nitrogen and oxygen atoms in total. The van der Waals surface area contributed by atoms with Crippen molar-refractivity contribution in [2.45, 2.75) is 19.3 Å². The van der Waals surface area contributed by atoms with Crippen LogP contribution in [-0.2, 0) is 15.4 Å². The van der Waals surface area contributed by atoms with Crippen LogP contribution in [-0.4, -0.2) is 21.2 Å². The van der Waals surface area contributed by atoms with Gasteiger partial charge >= 0.3 is 0 Å². The Bertz CT molecular complexity index is 537. The number of hydrogen-bond acceptors (Lipinski definition) is 2. The Morgan fingerprint density at radius 1 is 1.38 bits per heavy atom. The Kier molecular flexibility index (Phi) is 2.48. The molecule has 0 amide bonds. The average Bonchev–Trinajstić information content (AvgIpc) is 2.38. The lowest BCUT2D eigenvalue weighted by Gasteiger charge is -2.20. The van der Waals surface area contributed by atoms with Gasteiger partial charge in [-0.3, -0.25) is 4.31 Å². The third kappa shape index (κ3) is 1.80. The highest BCUT2D eigenvalue weighted by molar-refractivity contribution is 7.92. The number of sulfonamides is 1. The number of benzene rings is 1. The zero-order chi connectivity index (χ0) is 12.1. The van der Waals surface area contributed by atoms with Crippen LogP contribution in [0.4, 0.5) is 5.69 Å². The normalized spacial score (nSPS) is 18.6. The molecule has 0 aromatic heterocycles. The molecule has 1 aliphatic rings. The molecule has 0 saturated heterocycles. The van der Waals surface area contributed by atoms with Gasteiger partial charge < -0.3 is 0 Å². The van der Waals surface area contributed by atoms with Crippen molar-refractivity contribution in [1.82, 2.24) is 0 Å². The molecular formula is C11H14ClNO2S. The number of anilines is 1. The Morgan fingerprint density at radius 2 is 2.00 bits per heavy atom. The maximum absolute atomic E-state index is 11.7. The van der Waals surface area contributed by atoms with Crippen molar-refractivity contribution in [3.05, 3.63) is 28.8 Å². The number of hydrogen-bond donors (Lipinski definition) is 0. The van der Waals surface area contributed by atoms with Crippen LogP contribution in [0.25, 0.3) is 0 Å². The first kappa shape index (κ1) is 11.7. The third-order valence-corrected chi connectivity index (χ3v) is 4.26. The van der Waals surface area contributed by atoms with Crippen molar-refractivity contribution in [1.29, 1.82) is 0 Å². The fraction of sp³-hybridized carbons (Fsp3) is 0.455. The fourth-order valence-electron chi connectivity index (χ4n) is 2.09. The molecule has 1 aliphatic heterocycles. The maximum Gasteiger partial charge on any atom is 0.232 e. The lowest BCUT2D eigenvalue weighted by molar-refractivity contribution is 0.557. The highest BCUT2D eigenvalue weighted by atomic mass is 35.5. The van der Waals surface area contributed by atoms with E-state index in [1.165, 1.54) is 10.6 Å². The standard InChI is InChI=1S/C11H14ClNO2S/c1-11(2)7-13(16(3,14)15)10-5-4-8(12)6-9(10)11/h4-6H,7H2,1-3H3. The summed E-state index contributed by atoms with van der Waals surface area (Å²) in [5.74, 6) is 0. The van der Waals surface area contributed by atoms with Crippen LogP contribution in [0.2, 0.25) is 5.02 Å². The molecule has 0 atom stereocenters. The molecule has 0 unspecified atom stereocenters. The van der Waals surface area contributed by atoms with Gasteiger partial charge in [0.05, 0.1) is 11.9 Å². The van der Waals surface area contributed by atoms with E-state index in [2.05, 4.69) is 0 Å². The molecule has 1 aromatic rings. The predicted molar refractivity (Wildman–Crippen MR) is 66.7 cm³/mol. The highest BCUT2D eigenvalue weighted by Gasteiger charge is 2.38. The number of nitrogens with zero attached hydrogens (tertiary/aromatic N) is 1. The van der Waals surface area contributed by atoms with E-state index in [9.17, 15) is 8.42 Å². The summed E-state index contributed by atoms with van der Waals surface area (Å²) < 4.78 is 24.8. The minimum Gasteiger partial charge on any atom is -0.269 e. The van der Waals surface area contributed by atoms with Gasteiger partial charge in [0.1, 0.15) is 0 Å². The van der Waals surface area contributed by atoms with Crippen LogP contribution in [0, 0.1) is 0 Å². The fourth-order valence-corrected chi connectivity index (χ4v) is 3.34. The maximum atomic E-state index is 11.7. The molecule has 0 spiro atoms. The lowest BCUT2D eigenvalue weighted by Crippen LogP contribution is -2.32. The van der Waals surface area contributed by atoms with E-state index >= 15 is 0 Å². The zero-order valence-corrected chi connectivity index (χ0v) is 11.1. The summed E-state index contributed by atoms with van der Waals surface area (Å²) >= 11 is 5.94. The molecule has 0 aliphatic carbocycles. The first-order chi connectivity index (χ1) is 7.22. The molecule has 0 saturated carbocycles. The second kappa shape index (κ2) is 3.37. The summed E-state index contributed by atoms with van der Waals surface area (Å²) in [7, 11) is -3.21. The van der Waals surface area contributed by atoms with Gasteiger partial charge in [-0.05, 0) is 23.8 Å². The monoisotopic (exact) mass is 259 g/mol. The van der Waals surface area contributed by atoms with Crippen LogP contribution in [0.5, 0.6) is 0 Å². The second-order valence-corrected chi connectivity index (χ2v) is 7.16. The van der Waals surface area contributed by atoms with Crippen molar-refractivity contribution < 1.29 is 8.42 Å². The van der Waals surface area contributed by atoms with Crippen molar-refractivity contribution >= 4 is 27.3 Å². The van der Waals surface area contributed by atoms with E-state index in [-0.39, 0.29) is 5.41 Å². The van der Waals surface area contributed by atoms with Gasteiger partial charge in [0.15, 0.2) is 0 Å². The van der Waals surface area contributed by atoms with Gasteiger partial charge in [0, 0.05) is 17.0 Å². The van der Waals surface area contributed by atoms with Gasteiger partial charge in [-0.2, -0.15) is 0 Å². The summed E-state index contributed by atoms with van der Waals surface area (Å²) in [6.07, 6.45) is 1.23. The van der Waals surface area contributed by atoms with E-state index in [4.69, 9.17) is 11.6 Å². The zero-order valence-electron chi connectivity index (χ0n) is 9.49. The summed E-state index contributed by atoms with van der Waals surface area (Å²) in [6, 6.07) is 5.34. The first-order valence-corrected chi connectivity index (χ1v) is 7.22. The van der Waals surface area contributed by atoms with Crippen molar-refractivity contribution in [2.24, 2.45) is 0 Å². The van der Waals surface area contributed by atoms with Gasteiger partial charge in [-0.1, -0.05) is 25.4 Å². The SMILES string of the molecule is CC1(C)CN(S(C)(=O)=O)c2ccc(Cl)cc21. The van der Waals surface area contributed by atoms with Gasteiger partial charge in [0.25, 0.3) is 0 Å². The van der Waals surface area contributed by atoms with E-state index in [0.29, 0.717) is 11.6 Å². The van der Waals surface area contributed by atoms with Gasteiger partial charge in [0.2, 0.25) is 10.0 Å². The quantitative estimate of drug-likeness (QED) is 0.777. The molecular weight excluding hydrogens is 246 g/mol. The number of fused-ring (bicyclic) bond motifs is 1. The van der Waals surface area contributed by atoms with Crippen molar-refractivity contribution in [3.8, 4) is 0 Å². The predicted octanol–water partition coefficient (Wildman–Crippen LogP) is 2.40. The minimum absolute atomic E-state index is 0.191. The van der Waals surface area contributed by atoms with E-state index < -0.39 is 10.0 Å². The molecule has 1 aromatic carbocycles. The topological polar surface area (TPSA) is 37.4 Å². The molecule has 0 bridgehead atoms. The Labute approximate surface area is 101 Å². The second-order valence-electron chi connectivity index (χ2n) is 4.81. The lowest BCUT2D eigenvalue weighted by atomic mass is 9.87. The van der Waals surface area contributed by atoms with Crippen LogP contribution in [0.3, 0.4) is 0 Å². The van der Waals surface area contributed by atoms with Crippen LogP contribution in [0.1, 0.15) is 19.4 Å². The molecule has 88 valence electrons. The minimum atomic E-state index is -3.21. The Balaban J connectivity index is 2.64. The van der Waals surface area contributed by atoms with Crippen LogP contribution in [0.15, 0.2) is 18.2 Å². The van der Waals surface area contributed by atoms with Gasteiger partial charge in [-0.15, -0.1) is 0 Å². The molecule has 1 heterocycles. The smallest absolute Gasteiger partial charge is 0.232 e. The largest absolute Gasteiger partial charge is 0.269 e. The van der Waals surface area contributed by atoms with E-state index in [0.717, 1.165) is 11.3 Å².